The number of ether oxygens (including phenoxy) is 4. The van der Waals surface area contributed by atoms with E-state index in [1.54, 1.807) is 0 Å². The molecule has 0 aromatic rings. The number of rotatable bonds is 72. The zero-order chi connectivity index (χ0) is 71.8. The van der Waals surface area contributed by atoms with E-state index in [4.69, 9.17) is 18.9 Å². The van der Waals surface area contributed by atoms with Crippen molar-refractivity contribution in [2.24, 2.45) is 0 Å². The third kappa shape index (κ3) is 79.6. The number of hydrogen-bond donors (Lipinski definition) is 1. The maximum Gasteiger partial charge on any atom is 0.361 e. The lowest BCUT2D eigenvalue weighted by Crippen LogP contribution is -2.40. The van der Waals surface area contributed by atoms with Crippen molar-refractivity contribution in [1.82, 2.24) is 0 Å². The molecule has 0 amide bonds. The van der Waals surface area contributed by atoms with Gasteiger partial charge in [0.25, 0.3) is 6.29 Å². The van der Waals surface area contributed by atoms with Gasteiger partial charge in [0, 0.05) is 12.8 Å². The molecule has 0 aliphatic heterocycles. The minimum Gasteiger partial charge on any atom is -0.477 e. The van der Waals surface area contributed by atoms with Crippen LogP contribution >= 0.6 is 0 Å². The van der Waals surface area contributed by atoms with E-state index < -0.39 is 24.3 Å². The monoisotopic (exact) mass is 1370 g/mol. The van der Waals surface area contributed by atoms with Gasteiger partial charge in [-0.25, -0.2) is 4.79 Å². The van der Waals surface area contributed by atoms with Gasteiger partial charge in [-0.2, -0.15) is 0 Å². The van der Waals surface area contributed by atoms with E-state index in [1.165, 1.54) is 141 Å². The minimum absolute atomic E-state index is 0.180. The first-order valence-corrected chi connectivity index (χ1v) is 39.9. The summed E-state index contributed by atoms with van der Waals surface area (Å²) in [7, 11) is 5.98. The SMILES string of the molecule is CC/C=C\C/C=C\C/C=C\C/C=C\C/C=C\C/C=C\C/C=C\C/C=C\CCCCCCCCCCCCCCC(=O)OC(COC(=O)CCCCCCCCCCCCCCCCC/C=C\C/C=C\C/C=C\C/C=C\C/C=C\C/C=C\C/C=C\CC)COC(OCC[N+](C)(C)C)C(=O)O. The number of carboxylic acid groups (broad SMARTS) is 1. The van der Waals surface area contributed by atoms with Crippen LogP contribution in [0.4, 0.5) is 0 Å². The Morgan fingerprint density at radius 1 is 0.303 bits per heavy atom. The molecule has 0 spiro atoms. The molecule has 0 aliphatic carbocycles. The highest BCUT2D eigenvalue weighted by Crippen LogP contribution is 2.17. The molecule has 9 nitrogen and oxygen atoms in total. The lowest BCUT2D eigenvalue weighted by atomic mass is 10.0. The third-order valence-electron chi connectivity index (χ3n) is 16.7. The van der Waals surface area contributed by atoms with Gasteiger partial charge < -0.3 is 28.5 Å². The van der Waals surface area contributed by atoms with Crippen LogP contribution in [0.25, 0.3) is 0 Å². The van der Waals surface area contributed by atoms with E-state index in [9.17, 15) is 19.5 Å². The number of nitrogens with zero attached hydrogens (tertiary/aromatic N) is 1. The van der Waals surface area contributed by atoms with Gasteiger partial charge in [0.1, 0.15) is 13.2 Å². The van der Waals surface area contributed by atoms with Crippen molar-refractivity contribution in [3.63, 3.8) is 0 Å². The fourth-order valence-corrected chi connectivity index (χ4v) is 10.7. The number of hydrogen-bond acceptors (Lipinski definition) is 7. The molecule has 0 heterocycles. The average molecular weight is 1370 g/mol. The molecule has 560 valence electrons. The normalized spacial score (nSPS) is 13.7. The van der Waals surface area contributed by atoms with Gasteiger partial charge in [-0.3, -0.25) is 9.59 Å². The number of quaternary nitrogens is 1. The van der Waals surface area contributed by atoms with Gasteiger partial charge in [0.2, 0.25) is 0 Å². The molecule has 2 atom stereocenters. The van der Waals surface area contributed by atoms with Gasteiger partial charge in [0.05, 0.1) is 34.4 Å². The van der Waals surface area contributed by atoms with E-state index in [0.717, 1.165) is 135 Å². The van der Waals surface area contributed by atoms with Crippen LogP contribution in [0.1, 0.15) is 309 Å². The number of likely N-dealkylation sites (N-methyl/N-ethyl adjacent to an activating group) is 1. The van der Waals surface area contributed by atoms with Crippen LogP contribution in [-0.4, -0.2) is 87.4 Å². The number of aliphatic carboxylic acids is 1. The smallest absolute Gasteiger partial charge is 0.361 e. The summed E-state index contributed by atoms with van der Waals surface area (Å²) >= 11 is 0. The van der Waals surface area contributed by atoms with Crippen LogP contribution < -0.4 is 0 Å². The summed E-state index contributed by atoms with van der Waals surface area (Å²) in [5.41, 5.74) is 0. The first kappa shape index (κ1) is 93.4. The van der Waals surface area contributed by atoms with E-state index in [-0.39, 0.29) is 32.2 Å². The predicted octanol–water partition coefficient (Wildman–Crippen LogP) is 25.9. The molecule has 1 N–H and O–H groups in total. The lowest BCUT2D eigenvalue weighted by Gasteiger charge is -2.25. The van der Waals surface area contributed by atoms with Crippen molar-refractivity contribution in [2.75, 3.05) is 47.5 Å². The van der Waals surface area contributed by atoms with Crippen molar-refractivity contribution in [2.45, 2.75) is 322 Å². The van der Waals surface area contributed by atoms with E-state index in [1.807, 2.05) is 21.1 Å². The topological polar surface area (TPSA) is 108 Å². The largest absolute Gasteiger partial charge is 0.477 e. The maximum atomic E-state index is 13.0. The third-order valence-corrected chi connectivity index (χ3v) is 16.7. The summed E-state index contributed by atoms with van der Waals surface area (Å²) in [6.45, 7) is 4.65. The highest BCUT2D eigenvalue weighted by atomic mass is 16.7. The van der Waals surface area contributed by atoms with Crippen molar-refractivity contribution < 1.29 is 42.9 Å². The number of carboxylic acids is 1. The van der Waals surface area contributed by atoms with Crippen LogP contribution in [0.5, 0.6) is 0 Å². The molecule has 9 heteroatoms. The number of carbonyl (C=O) groups excluding carboxylic acids is 2. The summed E-state index contributed by atoms with van der Waals surface area (Å²) < 4.78 is 23.0. The van der Waals surface area contributed by atoms with E-state index >= 15 is 0 Å². The number of carbonyl (C=O) groups is 3. The molecular weight excluding hydrogens is 1220 g/mol. The Bertz CT molecular complexity index is 2290. The van der Waals surface area contributed by atoms with Gasteiger partial charge in [-0.05, 0) is 135 Å². The Morgan fingerprint density at radius 2 is 0.545 bits per heavy atom. The molecule has 0 radical (unpaired) electrons. The molecular formula is C90H148NO8+. The molecule has 0 aromatic carbocycles. The zero-order valence-corrected chi connectivity index (χ0v) is 64.1. The second-order valence-corrected chi connectivity index (χ2v) is 27.3. The highest BCUT2D eigenvalue weighted by Gasteiger charge is 2.25. The fourth-order valence-electron chi connectivity index (χ4n) is 10.7. The van der Waals surface area contributed by atoms with Crippen molar-refractivity contribution in [3.8, 4) is 0 Å². The van der Waals surface area contributed by atoms with Crippen LogP contribution in [0.2, 0.25) is 0 Å². The standard InChI is InChI=1S/C90H147NO8/c1-6-8-10-12-14-16-18-20-22-24-26-28-30-32-34-36-38-40-42-44-46-48-50-52-54-56-58-60-62-64-66-68-70-72-74-76-78-80-87(92)97-84-86(85-98-90(89(94)95)96-83-82-91(3,4)5)99-88(93)81-79-77-75-73-71-69-67-65-63-61-59-57-55-53-51-49-47-45-43-41-39-37-35-33-31-29-27-25-23-21-19-17-15-13-11-9-7-2/h8-11,14-17,20-23,26-29,32-35,38-41,44-47,51,53,86,90H,6-7,12-13,18-19,24-25,30-31,36-37,42-43,48-50,52,54-85H2,1-5H3/p+1/b10-8-,11-9-,16-14-,17-15-,22-20-,23-21-,28-26-,29-27-,34-32-,35-33-,40-38-,41-39-,46-44-,47-45-,53-51-. The van der Waals surface area contributed by atoms with Crippen molar-refractivity contribution >= 4 is 17.9 Å². The van der Waals surface area contributed by atoms with Crippen LogP contribution in [0.15, 0.2) is 182 Å². The summed E-state index contributed by atoms with van der Waals surface area (Å²) in [4.78, 5) is 37.8. The zero-order valence-electron chi connectivity index (χ0n) is 64.1. The molecule has 0 aromatic heterocycles. The second kappa shape index (κ2) is 78.1. The van der Waals surface area contributed by atoms with Gasteiger partial charge in [-0.1, -0.05) is 344 Å². The summed E-state index contributed by atoms with van der Waals surface area (Å²) in [5, 5.41) is 9.78. The summed E-state index contributed by atoms with van der Waals surface area (Å²) in [6, 6.07) is 0. The van der Waals surface area contributed by atoms with Crippen LogP contribution in [0, 0.1) is 0 Å². The maximum absolute atomic E-state index is 13.0. The van der Waals surface area contributed by atoms with Gasteiger partial charge in [0.15, 0.2) is 6.10 Å². The Balaban J connectivity index is 4.09. The molecule has 0 bridgehead atoms. The molecule has 99 heavy (non-hydrogen) atoms. The lowest BCUT2D eigenvalue weighted by molar-refractivity contribution is -0.870. The van der Waals surface area contributed by atoms with Crippen LogP contribution in [-0.2, 0) is 33.3 Å². The average Bonchev–Trinajstić information content (AvgIpc) is 2.19. The number of allylic oxidation sites excluding steroid dienone is 30. The summed E-state index contributed by atoms with van der Waals surface area (Å²) in [5.74, 6) is -2.01. The fraction of sp³-hybridized carbons (Fsp3) is 0.633. The molecule has 0 saturated carbocycles. The molecule has 0 aliphatic rings. The quantitative estimate of drug-likeness (QED) is 0.0211. The Hall–Kier alpha value is -5.61. The Kier molecular flexibility index (Phi) is 73.7. The molecule has 0 fully saturated rings. The number of unbranched alkanes of at least 4 members (excludes halogenated alkanes) is 27. The first-order chi connectivity index (χ1) is 48.6. The van der Waals surface area contributed by atoms with Crippen LogP contribution in [0.3, 0.4) is 0 Å². The van der Waals surface area contributed by atoms with E-state index in [2.05, 4.69) is 196 Å². The second-order valence-electron chi connectivity index (χ2n) is 27.3. The predicted molar refractivity (Wildman–Crippen MR) is 428 cm³/mol. The van der Waals surface area contributed by atoms with E-state index in [0.29, 0.717) is 23.9 Å². The van der Waals surface area contributed by atoms with Gasteiger partial charge in [-0.15, -0.1) is 0 Å². The molecule has 2 unspecified atom stereocenters. The molecule has 0 rings (SSSR count). The van der Waals surface area contributed by atoms with Crippen molar-refractivity contribution in [3.05, 3.63) is 182 Å². The summed E-state index contributed by atoms with van der Waals surface area (Å²) in [6.07, 6.45) is 116. The highest BCUT2D eigenvalue weighted by molar-refractivity contribution is 5.71. The first-order valence-electron chi connectivity index (χ1n) is 39.9. The molecule has 0 saturated heterocycles. The van der Waals surface area contributed by atoms with Gasteiger partial charge >= 0.3 is 17.9 Å². The van der Waals surface area contributed by atoms with Crippen molar-refractivity contribution in [1.29, 1.82) is 0 Å². The Labute approximate surface area is 609 Å². The Morgan fingerprint density at radius 3 is 0.808 bits per heavy atom. The number of esters is 2. The minimum atomic E-state index is -1.52.